The molecule has 3 amide bonds. The average molecular weight is 766 g/mol. The fourth-order valence-electron chi connectivity index (χ4n) is 7.09. The third kappa shape index (κ3) is 10.1. The number of anilines is 1. The fourth-order valence-corrected chi connectivity index (χ4v) is 7.41. The highest BCUT2D eigenvalue weighted by Crippen LogP contribution is 2.28. The third-order valence-corrected chi connectivity index (χ3v) is 10.5. The summed E-state index contributed by atoms with van der Waals surface area (Å²) in [4.78, 5) is 65.5. The zero-order valence-electron chi connectivity index (χ0n) is 31.6. The Morgan fingerprint density at radius 2 is 1.73 bits per heavy atom. The number of aliphatic hydroxyl groups is 1. The highest BCUT2D eigenvalue weighted by atomic mass is 35.5. The van der Waals surface area contributed by atoms with Crippen LogP contribution in [0.15, 0.2) is 83.9 Å². The molecule has 288 valence electrons. The highest BCUT2D eigenvalue weighted by molar-refractivity contribution is 6.35. The van der Waals surface area contributed by atoms with E-state index >= 15 is 0 Å². The molecule has 6 rings (SSSR count). The van der Waals surface area contributed by atoms with Crippen molar-refractivity contribution in [2.75, 3.05) is 45.6 Å². The summed E-state index contributed by atoms with van der Waals surface area (Å²) in [5, 5.41) is 19.2. The van der Waals surface area contributed by atoms with Gasteiger partial charge in [0.05, 0.1) is 39.9 Å². The molecule has 1 aliphatic heterocycles. The number of nitrogens with zero attached hydrogens (tertiary/aromatic N) is 5. The second-order valence-corrected chi connectivity index (χ2v) is 15.2. The van der Waals surface area contributed by atoms with E-state index in [0.29, 0.717) is 97.4 Å². The normalized spacial score (nSPS) is 14.6. The number of nitrogens with one attached hydrogen (secondary N) is 2. The Kier molecular flexibility index (Phi) is 12.6. The van der Waals surface area contributed by atoms with Crippen molar-refractivity contribution < 1.29 is 19.5 Å². The van der Waals surface area contributed by atoms with E-state index in [1.807, 2.05) is 61.2 Å². The van der Waals surface area contributed by atoms with E-state index in [4.69, 9.17) is 11.6 Å². The van der Waals surface area contributed by atoms with Crippen molar-refractivity contribution in [1.82, 2.24) is 29.7 Å². The van der Waals surface area contributed by atoms with Crippen LogP contribution in [0.25, 0.3) is 21.8 Å². The number of carbonyl (C=O) groups is 3. The van der Waals surface area contributed by atoms with Gasteiger partial charge in [0.2, 0.25) is 11.8 Å². The molecule has 0 aliphatic carbocycles. The quantitative estimate of drug-likeness (QED) is 0.130. The van der Waals surface area contributed by atoms with Crippen molar-refractivity contribution in [3.05, 3.63) is 111 Å². The second-order valence-electron chi connectivity index (χ2n) is 14.8. The van der Waals surface area contributed by atoms with E-state index in [1.54, 1.807) is 42.5 Å². The number of aryl methyl sites for hydroxylation is 1. The minimum atomic E-state index is -1.20. The van der Waals surface area contributed by atoms with Crippen molar-refractivity contribution >= 4 is 56.8 Å². The van der Waals surface area contributed by atoms with Crippen LogP contribution in [0.3, 0.4) is 0 Å². The fraction of sp³-hybridized carbons (Fsp3) is 0.381. The summed E-state index contributed by atoms with van der Waals surface area (Å²) in [6.07, 6.45) is 4.12. The lowest BCUT2D eigenvalue weighted by Gasteiger charge is -2.39. The molecule has 1 unspecified atom stereocenters. The maximum atomic E-state index is 14.0. The first-order valence-corrected chi connectivity index (χ1v) is 19.1. The molecule has 0 bridgehead atoms. The van der Waals surface area contributed by atoms with Crippen LogP contribution in [0, 0.1) is 12.8 Å². The minimum Gasteiger partial charge on any atom is -0.388 e. The zero-order chi connectivity index (χ0) is 39.1. The van der Waals surface area contributed by atoms with Gasteiger partial charge in [0.1, 0.15) is 0 Å². The van der Waals surface area contributed by atoms with E-state index in [1.165, 1.54) is 10.9 Å². The van der Waals surface area contributed by atoms with Gasteiger partial charge < -0.3 is 25.5 Å². The predicted octanol–water partition coefficient (Wildman–Crippen LogP) is 5.22. The van der Waals surface area contributed by atoms with Crippen LogP contribution in [-0.4, -0.2) is 93.0 Å². The van der Waals surface area contributed by atoms with Crippen LogP contribution >= 0.6 is 11.6 Å². The SMILES string of the molecule is Cc1cc(Cl)c2ccc(C(=O)NCCCC(Cc3ccccc3)C(=O)N3CCC(O)(Cn4cnc5cc(NC(=O)CCN(C)C)ccc5c4=O)CC3)cc2n1. The lowest BCUT2D eigenvalue weighted by atomic mass is 9.88. The van der Waals surface area contributed by atoms with Crippen molar-refractivity contribution in [2.45, 2.75) is 57.6 Å². The maximum absolute atomic E-state index is 14.0. The van der Waals surface area contributed by atoms with Crippen LogP contribution in [0.1, 0.15) is 53.7 Å². The molecule has 12 nitrogen and oxygen atoms in total. The molecule has 55 heavy (non-hydrogen) atoms. The summed E-state index contributed by atoms with van der Waals surface area (Å²) in [7, 11) is 3.80. The zero-order valence-corrected chi connectivity index (χ0v) is 32.3. The number of fused-ring (bicyclic) bond motifs is 2. The first-order valence-electron chi connectivity index (χ1n) is 18.7. The summed E-state index contributed by atoms with van der Waals surface area (Å²) in [5.41, 5.74) is 2.52. The van der Waals surface area contributed by atoms with E-state index in [-0.39, 0.29) is 35.7 Å². The molecule has 1 fully saturated rings. The molecular formula is C42H48ClN7O5. The number of likely N-dealkylation sites (tertiary alicyclic amines) is 1. The van der Waals surface area contributed by atoms with Crippen LogP contribution in [0.2, 0.25) is 5.02 Å². The molecule has 0 saturated carbocycles. The summed E-state index contributed by atoms with van der Waals surface area (Å²) in [6.45, 7) is 3.63. The molecule has 5 aromatic rings. The van der Waals surface area contributed by atoms with Gasteiger partial charge in [-0.05, 0) is 95.1 Å². The Morgan fingerprint density at radius 3 is 2.47 bits per heavy atom. The lowest BCUT2D eigenvalue weighted by Crippen LogP contribution is -2.51. The maximum Gasteiger partial charge on any atom is 0.261 e. The number of halogens is 1. The predicted molar refractivity (Wildman–Crippen MR) is 215 cm³/mol. The number of carbonyl (C=O) groups excluding carboxylic acids is 3. The third-order valence-electron chi connectivity index (χ3n) is 10.2. The molecule has 13 heteroatoms. The standard InChI is InChI=1S/C42H48ClN7O5/c1-28-22-35(43)33-13-11-30(24-37(33)46-28)39(52)44-18-7-10-31(23-29-8-5-4-6-9-29)40(53)49-20-16-42(55,17-21-49)26-50-27-45-36-25-32(12-14-34(36)41(50)54)47-38(51)15-19-48(2)3/h4-6,8-9,11-14,22,24-25,27,31,55H,7,10,15-21,23,26H2,1-3H3,(H,44,52)(H,47,51). The summed E-state index contributed by atoms with van der Waals surface area (Å²) in [6, 6.07) is 22.0. The van der Waals surface area contributed by atoms with Gasteiger partial charge in [0.15, 0.2) is 0 Å². The molecular weight excluding hydrogens is 718 g/mol. The number of pyridine rings is 1. The molecule has 3 N–H and O–H groups in total. The van der Waals surface area contributed by atoms with E-state index in [9.17, 15) is 24.3 Å². The Hall–Kier alpha value is -5.17. The molecule has 1 atom stereocenters. The van der Waals surface area contributed by atoms with Crippen molar-refractivity contribution in [3.63, 3.8) is 0 Å². The topological polar surface area (TPSA) is 150 Å². The van der Waals surface area contributed by atoms with Crippen LogP contribution < -0.4 is 16.2 Å². The van der Waals surface area contributed by atoms with Gasteiger partial charge in [0, 0.05) is 60.8 Å². The number of piperidine rings is 1. The monoisotopic (exact) mass is 765 g/mol. The largest absolute Gasteiger partial charge is 0.388 e. The molecule has 0 radical (unpaired) electrons. The highest BCUT2D eigenvalue weighted by Gasteiger charge is 2.36. The van der Waals surface area contributed by atoms with Crippen molar-refractivity contribution in [1.29, 1.82) is 0 Å². The minimum absolute atomic E-state index is 0.0132. The number of rotatable bonds is 14. The first kappa shape index (κ1) is 39.5. The van der Waals surface area contributed by atoms with Gasteiger partial charge >= 0.3 is 0 Å². The van der Waals surface area contributed by atoms with E-state index in [2.05, 4.69) is 20.6 Å². The summed E-state index contributed by atoms with van der Waals surface area (Å²) < 4.78 is 1.42. The number of aromatic nitrogens is 3. The van der Waals surface area contributed by atoms with Gasteiger partial charge in [-0.2, -0.15) is 0 Å². The second kappa shape index (κ2) is 17.5. The lowest BCUT2D eigenvalue weighted by molar-refractivity contribution is -0.140. The Labute approximate surface area is 325 Å². The van der Waals surface area contributed by atoms with Crippen LogP contribution in [0.4, 0.5) is 5.69 Å². The number of benzene rings is 3. The summed E-state index contributed by atoms with van der Waals surface area (Å²) >= 11 is 6.35. The Bertz CT molecular complexity index is 2240. The molecule has 3 heterocycles. The van der Waals surface area contributed by atoms with Crippen molar-refractivity contribution in [3.8, 4) is 0 Å². The van der Waals surface area contributed by atoms with E-state index in [0.717, 1.165) is 16.6 Å². The molecule has 3 aromatic carbocycles. The first-order chi connectivity index (χ1) is 26.4. The van der Waals surface area contributed by atoms with Gasteiger partial charge in [-0.3, -0.25) is 28.7 Å². The van der Waals surface area contributed by atoms with Gasteiger partial charge in [-0.15, -0.1) is 0 Å². The number of amides is 3. The van der Waals surface area contributed by atoms with Crippen molar-refractivity contribution in [2.24, 2.45) is 5.92 Å². The Balaban J connectivity index is 1.05. The average Bonchev–Trinajstić information content (AvgIpc) is 3.16. The summed E-state index contributed by atoms with van der Waals surface area (Å²) in [5.74, 6) is -0.636. The Morgan fingerprint density at radius 1 is 0.982 bits per heavy atom. The van der Waals surface area contributed by atoms with Gasteiger partial charge in [0.25, 0.3) is 11.5 Å². The number of hydrogen-bond donors (Lipinski definition) is 3. The van der Waals surface area contributed by atoms with Gasteiger partial charge in [-0.1, -0.05) is 48.0 Å². The van der Waals surface area contributed by atoms with Gasteiger partial charge in [-0.25, -0.2) is 4.98 Å². The molecule has 1 aliphatic rings. The van der Waals surface area contributed by atoms with Crippen LogP contribution in [-0.2, 0) is 22.6 Å². The smallest absolute Gasteiger partial charge is 0.261 e. The number of hydrogen-bond acceptors (Lipinski definition) is 8. The molecule has 2 aromatic heterocycles. The van der Waals surface area contributed by atoms with Crippen LogP contribution in [0.5, 0.6) is 0 Å². The van der Waals surface area contributed by atoms with E-state index < -0.39 is 5.60 Å². The molecule has 0 spiro atoms. The molecule has 1 saturated heterocycles.